The number of ether oxygens (including phenoxy) is 1. The molecule has 1 N–H and O–H groups in total. The van der Waals surface area contributed by atoms with Crippen molar-refractivity contribution in [1.29, 1.82) is 0 Å². The van der Waals surface area contributed by atoms with Crippen LogP contribution in [-0.4, -0.2) is 31.1 Å². The first kappa shape index (κ1) is 13.0. The number of alkyl halides is 2. The van der Waals surface area contributed by atoms with Crippen molar-refractivity contribution in [3.63, 3.8) is 0 Å². The van der Waals surface area contributed by atoms with Gasteiger partial charge in [-0.2, -0.15) is 8.78 Å². The van der Waals surface area contributed by atoms with Crippen LogP contribution >= 0.6 is 0 Å². The Morgan fingerprint density at radius 3 is 2.71 bits per heavy atom. The Kier molecular flexibility index (Phi) is 5.30. The highest BCUT2D eigenvalue weighted by molar-refractivity contribution is 5.77. The van der Waals surface area contributed by atoms with Crippen LogP contribution in [0, 0.1) is 0 Å². The van der Waals surface area contributed by atoms with Crippen LogP contribution < -0.4 is 5.32 Å². The van der Waals surface area contributed by atoms with E-state index in [9.17, 15) is 13.6 Å². The van der Waals surface area contributed by atoms with Crippen molar-refractivity contribution >= 4 is 5.97 Å². The Labute approximate surface area is 82.1 Å². The Morgan fingerprint density at radius 1 is 1.71 bits per heavy atom. The van der Waals surface area contributed by atoms with Crippen molar-refractivity contribution < 1.29 is 18.3 Å². The minimum absolute atomic E-state index is 0.0502. The topological polar surface area (TPSA) is 38.3 Å². The summed E-state index contributed by atoms with van der Waals surface area (Å²) in [4.78, 5) is 10.7. The molecule has 0 aromatic heterocycles. The van der Waals surface area contributed by atoms with Crippen LogP contribution in [0.4, 0.5) is 8.78 Å². The fourth-order valence-corrected chi connectivity index (χ4v) is 0.681. The molecule has 0 heterocycles. The first-order valence-electron chi connectivity index (χ1n) is 4.35. The zero-order chi connectivity index (χ0) is 11.2. The van der Waals surface area contributed by atoms with Gasteiger partial charge in [-0.3, -0.25) is 0 Å². The lowest BCUT2D eigenvalue weighted by atomic mass is 10.3. The van der Waals surface area contributed by atoms with Crippen LogP contribution in [0.2, 0.25) is 0 Å². The van der Waals surface area contributed by atoms with Gasteiger partial charge in [0.15, 0.2) is 0 Å². The van der Waals surface area contributed by atoms with E-state index in [0.717, 1.165) is 0 Å². The van der Waals surface area contributed by atoms with Crippen molar-refractivity contribution in [1.82, 2.24) is 5.32 Å². The van der Waals surface area contributed by atoms with Crippen molar-refractivity contribution in [2.45, 2.75) is 25.8 Å². The highest BCUT2D eigenvalue weighted by Crippen LogP contribution is 2.14. The maximum atomic E-state index is 12.9. The summed E-state index contributed by atoms with van der Waals surface area (Å²) in [5, 5.41) is 2.44. The fraction of sp³-hybridized carbons (Fsp3) is 0.667. The molecule has 3 nitrogen and oxygen atoms in total. The third-order valence-electron chi connectivity index (χ3n) is 1.57. The van der Waals surface area contributed by atoms with Crippen LogP contribution in [0.15, 0.2) is 12.7 Å². The number of rotatable bonds is 6. The van der Waals surface area contributed by atoms with Crippen molar-refractivity contribution in [3.05, 3.63) is 12.7 Å². The lowest BCUT2D eigenvalue weighted by Gasteiger charge is -2.17. The van der Waals surface area contributed by atoms with E-state index < -0.39 is 18.4 Å². The van der Waals surface area contributed by atoms with Gasteiger partial charge in [-0.25, -0.2) is 4.79 Å². The van der Waals surface area contributed by atoms with Crippen LogP contribution in [0.1, 0.15) is 13.8 Å². The van der Waals surface area contributed by atoms with Gasteiger partial charge in [-0.05, 0) is 13.8 Å². The number of nitrogens with one attached hydrogen (secondary N) is 1. The quantitative estimate of drug-likeness (QED) is 0.527. The Balaban J connectivity index is 4.05. The first-order chi connectivity index (χ1) is 6.44. The molecule has 0 fully saturated rings. The van der Waals surface area contributed by atoms with E-state index in [0.29, 0.717) is 0 Å². The molecule has 5 heteroatoms. The molecule has 0 amide bonds. The second-order valence-electron chi connectivity index (χ2n) is 2.83. The molecular formula is C9H15F2NO2. The van der Waals surface area contributed by atoms with E-state index in [1.165, 1.54) is 13.0 Å². The maximum absolute atomic E-state index is 12.9. The highest BCUT2D eigenvalue weighted by atomic mass is 19.3. The van der Waals surface area contributed by atoms with E-state index in [-0.39, 0.29) is 12.6 Å². The maximum Gasteiger partial charge on any atom is 0.378 e. The van der Waals surface area contributed by atoms with E-state index in [2.05, 4.69) is 16.6 Å². The van der Waals surface area contributed by atoms with Crippen LogP contribution in [-0.2, 0) is 9.53 Å². The normalized spacial score (nSPS) is 13.4. The molecule has 0 spiro atoms. The molecule has 0 aromatic carbocycles. The third-order valence-corrected chi connectivity index (χ3v) is 1.57. The minimum Gasteiger partial charge on any atom is -0.462 e. The molecule has 0 aliphatic carbocycles. The standard InChI is InChI=1S/C9H15F2NO2/c1-4-7(3)12-6-9(10,11)8(13)14-5-2/h4,7,12H,1,5-6H2,2-3H3. The summed E-state index contributed by atoms with van der Waals surface area (Å²) in [5.74, 6) is -4.98. The molecular weight excluding hydrogens is 192 g/mol. The van der Waals surface area contributed by atoms with E-state index >= 15 is 0 Å². The number of hydrogen-bond donors (Lipinski definition) is 1. The summed E-state index contributed by atoms with van der Waals surface area (Å²) in [6.45, 7) is 5.77. The predicted molar refractivity (Wildman–Crippen MR) is 49.2 cm³/mol. The largest absolute Gasteiger partial charge is 0.462 e. The lowest BCUT2D eigenvalue weighted by molar-refractivity contribution is -0.170. The lowest BCUT2D eigenvalue weighted by Crippen LogP contribution is -2.43. The van der Waals surface area contributed by atoms with Crippen LogP contribution in [0.5, 0.6) is 0 Å². The molecule has 0 saturated carbocycles. The third kappa shape index (κ3) is 4.32. The number of halogens is 2. The van der Waals surface area contributed by atoms with Gasteiger partial charge in [0.25, 0.3) is 0 Å². The minimum atomic E-state index is -3.48. The average molecular weight is 207 g/mol. The molecule has 0 radical (unpaired) electrons. The number of esters is 1. The molecule has 1 unspecified atom stereocenters. The van der Waals surface area contributed by atoms with Gasteiger partial charge in [0.1, 0.15) is 0 Å². The Hall–Kier alpha value is -0.970. The first-order valence-corrected chi connectivity index (χ1v) is 4.35. The summed E-state index contributed by atoms with van der Waals surface area (Å²) in [7, 11) is 0. The zero-order valence-corrected chi connectivity index (χ0v) is 8.35. The summed E-state index contributed by atoms with van der Waals surface area (Å²) < 4.78 is 30.1. The molecule has 82 valence electrons. The molecule has 14 heavy (non-hydrogen) atoms. The van der Waals surface area contributed by atoms with Crippen molar-refractivity contribution in [2.24, 2.45) is 0 Å². The van der Waals surface area contributed by atoms with Gasteiger partial charge < -0.3 is 10.1 Å². The molecule has 0 aliphatic rings. The molecule has 0 aliphatic heterocycles. The van der Waals surface area contributed by atoms with Crippen LogP contribution in [0.3, 0.4) is 0 Å². The number of carbonyl (C=O) groups is 1. The van der Waals surface area contributed by atoms with Gasteiger partial charge in [0.2, 0.25) is 0 Å². The van der Waals surface area contributed by atoms with Crippen molar-refractivity contribution in [3.8, 4) is 0 Å². The summed E-state index contributed by atoms with van der Waals surface area (Å²) in [5.41, 5.74) is 0. The molecule has 0 saturated heterocycles. The average Bonchev–Trinajstić information content (AvgIpc) is 2.14. The monoisotopic (exact) mass is 207 g/mol. The van der Waals surface area contributed by atoms with Gasteiger partial charge in [-0.15, -0.1) is 6.58 Å². The Morgan fingerprint density at radius 2 is 2.29 bits per heavy atom. The van der Waals surface area contributed by atoms with Gasteiger partial charge in [0, 0.05) is 6.04 Å². The summed E-state index contributed by atoms with van der Waals surface area (Å²) >= 11 is 0. The number of hydrogen-bond acceptors (Lipinski definition) is 3. The second-order valence-corrected chi connectivity index (χ2v) is 2.83. The van der Waals surface area contributed by atoms with E-state index in [4.69, 9.17) is 0 Å². The van der Waals surface area contributed by atoms with E-state index in [1.54, 1.807) is 6.92 Å². The molecule has 1 atom stereocenters. The molecule has 0 aromatic rings. The second kappa shape index (κ2) is 5.70. The predicted octanol–water partition coefficient (Wildman–Crippen LogP) is 1.35. The van der Waals surface area contributed by atoms with Crippen molar-refractivity contribution in [2.75, 3.05) is 13.2 Å². The summed E-state index contributed by atoms with van der Waals surface area (Å²) in [6, 6.07) is -0.268. The Bertz CT molecular complexity index is 207. The van der Waals surface area contributed by atoms with Gasteiger partial charge in [-0.1, -0.05) is 6.08 Å². The fourth-order valence-electron chi connectivity index (χ4n) is 0.681. The smallest absolute Gasteiger partial charge is 0.378 e. The van der Waals surface area contributed by atoms with Gasteiger partial charge >= 0.3 is 11.9 Å². The van der Waals surface area contributed by atoms with Crippen LogP contribution in [0.25, 0.3) is 0 Å². The van der Waals surface area contributed by atoms with Gasteiger partial charge in [0.05, 0.1) is 13.2 Å². The molecule has 0 bridgehead atoms. The summed E-state index contributed by atoms with van der Waals surface area (Å²) in [6.07, 6.45) is 1.47. The zero-order valence-electron chi connectivity index (χ0n) is 8.35. The number of carbonyl (C=O) groups excluding carboxylic acids is 1. The SMILES string of the molecule is C=CC(C)NCC(F)(F)C(=O)OCC. The highest BCUT2D eigenvalue weighted by Gasteiger charge is 2.40. The molecule has 0 rings (SSSR count). The van der Waals surface area contributed by atoms with E-state index in [1.807, 2.05) is 0 Å².